The number of rotatable bonds is 7. The summed E-state index contributed by atoms with van der Waals surface area (Å²) in [7, 11) is 1.70. The molecule has 10 nitrogen and oxygen atoms in total. The lowest BCUT2D eigenvalue weighted by molar-refractivity contribution is -0.385. The minimum Gasteiger partial charge on any atom is -0.454 e. The van der Waals surface area contributed by atoms with E-state index in [1.807, 2.05) is 18.5 Å². The Morgan fingerprint density at radius 1 is 1.33 bits per heavy atom. The largest absolute Gasteiger partial charge is 0.454 e. The third-order valence-electron chi connectivity index (χ3n) is 4.28. The second kappa shape index (κ2) is 7.44. The summed E-state index contributed by atoms with van der Waals surface area (Å²) >= 11 is 0. The minimum absolute atomic E-state index is 0.0967. The summed E-state index contributed by atoms with van der Waals surface area (Å²) in [4.78, 5) is 24.3. The Hall–Kier alpha value is -3.43. The third kappa shape index (κ3) is 3.89. The van der Waals surface area contributed by atoms with E-state index in [0.29, 0.717) is 12.3 Å². The minimum atomic E-state index is -0.516. The molecule has 0 saturated heterocycles. The molecular weight excluding hydrogens is 352 g/mol. The summed E-state index contributed by atoms with van der Waals surface area (Å²) < 4.78 is 8.86. The fourth-order valence-electron chi connectivity index (χ4n) is 2.75. The molecule has 3 heterocycles. The highest BCUT2D eigenvalue weighted by Crippen LogP contribution is 2.16. The molecule has 0 atom stereocenters. The summed E-state index contributed by atoms with van der Waals surface area (Å²) in [6, 6.07) is 3.25. The number of nitrogens with zero attached hydrogens (tertiary/aromatic N) is 6. The van der Waals surface area contributed by atoms with Gasteiger partial charge in [-0.25, -0.2) is 0 Å². The van der Waals surface area contributed by atoms with Crippen molar-refractivity contribution < 1.29 is 14.1 Å². The van der Waals surface area contributed by atoms with Gasteiger partial charge in [-0.2, -0.15) is 10.2 Å². The van der Waals surface area contributed by atoms with Gasteiger partial charge in [-0.05, 0) is 26.0 Å². The zero-order chi connectivity index (χ0) is 19.6. The molecule has 0 aliphatic rings. The van der Waals surface area contributed by atoms with Gasteiger partial charge in [0.2, 0.25) is 0 Å². The lowest BCUT2D eigenvalue weighted by atomic mass is 10.2. The molecule has 1 amide bonds. The van der Waals surface area contributed by atoms with Crippen LogP contribution in [0.2, 0.25) is 0 Å². The fourth-order valence-corrected chi connectivity index (χ4v) is 2.75. The van der Waals surface area contributed by atoms with Crippen molar-refractivity contribution in [2.24, 2.45) is 0 Å². The van der Waals surface area contributed by atoms with Crippen molar-refractivity contribution >= 4 is 11.6 Å². The first-order valence-electron chi connectivity index (χ1n) is 8.41. The van der Waals surface area contributed by atoms with Crippen molar-refractivity contribution in [3.05, 3.63) is 63.6 Å². The molecule has 3 aromatic heterocycles. The van der Waals surface area contributed by atoms with E-state index in [9.17, 15) is 14.9 Å². The van der Waals surface area contributed by atoms with E-state index < -0.39 is 4.92 Å². The summed E-state index contributed by atoms with van der Waals surface area (Å²) in [5.41, 5.74) is 1.90. The maximum atomic E-state index is 12.6. The predicted molar refractivity (Wildman–Crippen MR) is 95.1 cm³/mol. The van der Waals surface area contributed by atoms with Crippen molar-refractivity contribution in [2.45, 2.75) is 33.5 Å². The Morgan fingerprint density at radius 2 is 2.11 bits per heavy atom. The molecule has 0 unspecified atom stereocenters. The molecule has 0 N–H and O–H groups in total. The molecule has 0 bridgehead atoms. The molecule has 142 valence electrons. The summed E-state index contributed by atoms with van der Waals surface area (Å²) in [6.45, 7) is 5.38. The van der Waals surface area contributed by atoms with Gasteiger partial charge in [-0.15, -0.1) is 0 Å². The van der Waals surface area contributed by atoms with Crippen molar-refractivity contribution in [2.75, 3.05) is 7.05 Å². The molecule has 0 fully saturated rings. The van der Waals surface area contributed by atoms with Crippen LogP contribution in [0.25, 0.3) is 0 Å². The Morgan fingerprint density at radius 3 is 2.74 bits per heavy atom. The lowest BCUT2D eigenvalue weighted by Gasteiger charge is -2.15. The number of carbonyl (C=O) groups excluding carboxylic acids is 1. The van der Waals surface area contributed by atoms with Gasteiger partial charge < -0.3 is 9.32 Å². The van der Waals surface area contributed by atoms with Crippen LogP contribution in [0, 0.1) is 17.0 Å². The monoisotopic (exact) mass is 372 g/mol. The van der Waals surface area contributed by atoms with Crippen molar-refractivity contribution in [3.8, 4) is 0 Å². The van der Waals surface area contributed by atoms with E-state index in [-0.39, 0.29) is 23.9 Å². The molecule has 0 spiro atoms. The van der Waals surface area contributed by atoms with Crippen LogP contribution in [0.4, 0.5) is 5.69 Å². The zero-order valence-corrected chi connectivity index (χ0v) is 15.3. The fraction of sp³-hybridized carbons (Fsp3) is 0.353. The Bertz CT molecular complexity index is 970. The second-order valence-corrected chi connectivity index (χ2v) is 6.15. The molecule has 0 saturated carbocycles. The van der Waals surface area contributed by atoms with Crippen LogP contribution in [0.5, 0.6) is 0 Å². The van der Waals surface area contributed by atoms with Crippen LogP contribution in [0.15, 0.2) is 35.1 Å². The normalized spacial score (nSPS) is 10.9. The molecule has 27 heavy (non-hydrogen) atoms. The van der Waals surface area contributed by atoms with Gasteiger partial charge in [0.25, 0.3) is 5.91 Å². The molecule has 10 heteroatoms. The van der Waals surface area contributed by atoms with Crippen LogP contribution >= 0.6 is 0 Å². The summed E-state index contributed by atoms with van der Waals surface area (Å²) in [5.74, 6) is 0.436. The number of carbonyl (C=O) groups is 1. The van der Waals surface area contributed by atoms with Crippen molar-refractivity contribution in [1.82, 2.24) is 24.5 Å². The lowest BCUT2D eigenvalue weighted by Crippen LogP contribution is -2.26. The van der Waals surface area contributed by atoms with Crippen LogP contribution in [-0.2, 0) is 19.6 Å². The third-order valence-corrected chi connectivity index (χ3v) is 4.28. The van der Waals surface area contributed by atoms with Crippen LogP contribution in [-0.4, -0.2) is 42.3 Å². The molecule has 0 radical (unpaired) electrons. The molecule has 0 aliphatic heterocycles. The molecule has 3 aromatic rings. The van der Waals surface area contributed by atoms with E-state index in [2.05, 4.69) is 10.2 Å². The first-order chi connectivity index (χ1) is 12.9. The number of aromatic nitrogens is 4. The Kier molecular flexibility index (Phi) is 5.06. The van der Waals surface area contributed by atoms with Crippen molar-refractivity contribution in [1.29, 1.82) is 0 Å². The topological polar surface area (TPSA) is 112 Å². The summed E-state index contributed by atoms with van der Waals surface area (Å²) in [6.07, 6.45) is 4.24. The van der Waals surface area contributed by atoms with E-state index in [1.165, 1.54) is 17.1 Å². The predicted octanol–water partition coefficient (Wildman–Crippen LogP) is 2.23. The maximum absolute atomic E-state index is 12.6. The van der Waals surface area contributed by atoms with Gasteiger partial charge in [0.15, 0.2) is 5.76 Å². The first kappa shape index (κ1) is 18.4. The van der Waals surface area contributed by atoms with Crippen LogP contribution < -0.4 is 0 Å². The number of amides is 1. The number of hydrogen-bond donors (Lipinski definition) is 0. The highest BCUT2D eigenvalue weighted by molar-refractivity contribution is 5.91. The Balaban J connectivity index is 1.66. The van der Waals surface area contributed by atoms with E-state index in [1.54, 1.807) is 30.3 Å². The van der Waals surface area contributed by atoms with Gasteiger partial charge >= 0.3 is 5.69 Å². The average molecular weight is 372 g/mol. The van der Waals surface area contributed by atoms with Gasteiger partial charge in [0.1, 0.15) is 18.2 Å². The number of furan rings is 1. The van der Waals surface area contributed by atoms with Gasteiger partial charge in [-0.3, -0.25) is 24.3 Å². The molecule has 0 aromatic carbocycles. The number of hydrogen-bond acceptors (Lipinski definition) is 6. The molecular formula is C17H20N6O4. The van der Waals surface area contributed by atoms with Crippen LogP contribution in [0.1, 0.15) is 34.5 Å². The average Bonchev–Trinajstić information content (AvgIpc) is 3.36. The van der Waals surface area contributed by atoms with Crippen LogP contribution in [0.3, 0.4) is 0 Å². The van der Waals surface area contributed by atoms with Gasteiger partial charge in [0, 0.05) is 31.4 Å². The van der Waals surface area contributed by atoms with E-state index in [0.717, 1.165) is 17.8 Å². The maximum Gasteiger partial charge on any atom is 0.307 e. The Labute approximate surface area is 155 Å². The molecule has 3 rings (SSSR count). The SMILES string of the molecule is CCn1ncc(CN(C)C(=O)c2ccc(Cn3cc([N+](=O)[O-])cn3)o2)c1C. The quantitative estimate of drug-likeness (QED) is 0.464. The van der Waals surface area contributed by atoms with Gasteiger partial charge in [0.05, 0.1) is 17.7 Å². The second-order valence-electron chi connectivity index (χ2n) is 6.15. The molecule has 0 aliphatic carbocycles. The standard InChI is InChI=1S/C17H20N6O4/c1-4-22-12(2)13(7-19-22)9-20(3)17(24)16-6-5-15(27-16)11-21-10-14(8-18-21)23(25)26/h5-8,10H,4,9,11H2,1-3H3. The highest BCUT2D eigenvalue weighted by Gasteiger charge is 2.19. The zero-order valence-electron chi connectivity index (χ0n) is 15.3. The summed E-state index contributed by atoms with van der Waals surface area (Å²) in [5, 5.41) is 18.9. The van der Waals surface area contributed by atoms with Gasteiger partial charge in [-0.1, -0.05) is 0 Å². The highest BCUT2D eigenvalue weighted by atomic mass is 16.6. The van der Waals surface area contributed by atoms with E-state index >= 15 is 0 Å². The number of aryl methyl sites for hydroxylation is 1. The smallest absolute Gasteiger partial charge is 0.307 e. The first-order valence-corrected chi connectivity index (χ1v) is 8.41. The van der Waals surface area contributed by atoms with E-state index in [4.69, 9.17) is 4.42 Å². The van der Waals surface area contributed by atoms with Crippen molar-refractivity contribution in [3.63, 3.8) is 0 Å². The number of nitro groups is 1.